The highest BCUT2D eigenvalue weighted by atomic mass is 16.2. The van der Waals surface area contributed by atoms with Gasteiger partial charge in [-0.25, -0.2) is 0 Å². The molecule has 4 rings (SSSR count). The third-order valence-corrected chi connectivity index (χ3v) is 5.67. The summed E-state index contributed by atoms with van der Waals surface area (Å²) in [6.07, 6.45) is 1.25. The average Bonchev–Trinajstić information content (AvgIpc) is 2.70. The van der Waals surface area contributed by atoms with E-state index in [9.17, 15) is 9.59 Å². The maximum absolute atomic E-state index is 12.8. The fourth-order valence-electron chi connectivity index (χ4n) is 4.04. The van der Waals surface area contributed by atoms with Crippen molar-refractivity contribution in [3.8, 4) is 0 Å². The van der Waals surface area contributed by atoms with Gasteiger partial charge in [0.05, 0.1) is 5.92 Å². The molecule has 0 aliphatic carbocycles. The molecule has 5 heteroatoms. The Hall–Kier alpha value is -2.66. The van der Waals surface area contributed by atoms with Crippen LogP contribution in [-0.2, 0) is 22.6 Å². The quantitative estimate of drug-likeness (QED) is 0.878. The molecule has 2 aliphatic heterocycles. The van der Waals surface area contributed by atoms with E-state index in [2.05, 4.69) is 46.7 Å². The zero-order chi connectivity index (χ0) is 18.8. The second kappa shape index (κ2) is 7.53. The van der Waals surface area contributed by atoms with Crippen molar-refractivity contribution in [2.45, 2.75) is 38.3 Å². The van der Waals surface area contributed by atoms with Crippen LogP contribution < -0.4 is 10.6 Å². The zero-order valence-electron chi connectivity index (χ0n) is 15.6. The van der Waals surface area contributed by atoms with Crippen molar-refractivity contribution in [2.75, 3.05) is 18.4 Å². The number of amides is 2. The van der Waals surface area contributed by atoms with Crippen molar-refractivity contribution < 1.29 is 9.59 Å². The standard InChI is InChI=1S/C22H25N3O2/c1-15(25-11-10-16-6-2-3-7-17(16)14-25)13-23-22(27)19-12-21(26)24-20-9-5-4-8-18(19)20/h2-9,15,19H,10-14H2,1H3,(H,23,27)(H,24,26)/t15-,19+/m1/s1. The number of hydrogen-bond donors (Lipinski definition) is 2. The van der Waals surface area contributed by atoms with Crippen LogP contribution in [0.25, 0.3) is 0 Å². The van der Waals surface area contributed by atoms with E-state index in [0.29, 0.717) is 6.54 Å². The Morgan fingerprint density at radius 1 is 1.19 bits per heavy atom. The smallest absolute Gasteiger partial charge is 0.228 e. The number of nitrogens with zero attached hydrogens (tertiary/aromatic N) is 1. The van der Waals surface area contributed by atoms with Gasteiger partial charge in [0.15, 0.2) is 0 Å². The van der Waals surface area contributed by atoms with Crippen LogP contribution in [0.4, 0.5) is 5.69 Å². The van der Waals surface area contributed by atoms with Gasteiger partial charge in [-0.15, -0.1) is 0 Å². The van der Waals surface area contributed by atoms with E-state index >= 15 is 0 Å². The van der Waals surface area contributed by atoms with Crippen LogP contribution in [0.2, 0.25) is 0 Å². The molecule has 2 heterocycles. The number of fused-ring (bicyclic) bond motifs is 2. The fraction of sp³-hybridized carbons (Fsp3) is 0.364. The Kier molecular flexibility index (Phi) is 4.94. The van der Waals surface area contributed by atoms with E-state index in [1.165, 1.54) is 11.1 Å². The van der Waals surface area contributed by atoms with Crippen molar-refractivity contribution in [2.24, 2.45) is 0 Å². The molecule has 5 nitrogen and oxygen atoms in total. The Labute approximate surface area is 159 Å². The minimum absolute atomic E-state index is 0.0680. The summed E-state index contributed by atoms with van der Waals surface area (Å²) < 4.78 is 0. The first-order valence-corrected chi connectivity index (χ1v) is 9.59. The molecule has 2 aromatic rings. The minimum atomic E-state index is -0.413. The molecular formula is C22H25N3O2. The number of anilines is 1. The Balaban J connectivity index is 1.38. The summed E-state index contributed by atoms with van der Waals surface area (Å²) in [6.45, 7) is 4.65. The molecule has 0 unspecified atom stereocenters. The summed E-state index contributed by atoms with van der Waals surface area (Å²) >= 11 is 0. The highest BCUT2D eigenvalue weighted by Crippen LogP contribution is 2.32. The summed E-state index contributed by atoms with van der Waals surface area (Å²) in [6, 6.07) is 16.4. The molecule has 0 fully saturated rings. The summed E-state index contributed by atoms with van der Waals surface area (Å²) in [4.78, 5) is 27.1. The predicted molar refractivity (Wildman–Crippen MR) is 105 cm³/mol. The highest BCUT2D eigenvalue weighted by Gasteiger charge is 2.30. The lowest BCUT2D eigenvalue weighted by Gasteiger charge is -2.34. The van der Waals surface area contributed by atoms with Crippen LogP contribution in [0.3, 0.4) is 0 Å². The lowest BCUT2D eigenvalue weighted by Crippen LogP contribution is -2.45. The molecule has 0 saturated carbocycles. The zero-order valence-corrected chi connectivity index (χ0v) is 15.6. The second-order valence-electron chi connectivity index (χ2n) is 7.48. The third kappa shape index (κ3) is 3.74. The van der Waals surface area contributed by atoms with E-state index in [1.54, 1.807) is 0 Å². The predicted octanol–water partition coefficient (Wildman–Crippen LogP) is 2.68. The van der Waals surface area contributed by atoms with Gasteiger partial charge in [0.2, 0.25) is 11.8 Å². The molecular weight excluding hydrogens is 338 g/mol. The van der Waals surface area contributed by atoms with Crippen molar-refractivity contribution in [3.05, 3.63) is 65.2 Å². The molecule has 0 spiro atoms. The first kappa shape index (κ1) is 17.7. The van der Waals surface area contributed by atoms with Gasteiger partial charge in [-0.05, 0) is 36.1 Å². The van der Waals surface area contributed by atoms with Gasteiger partial charge >= 0.3 is 0 Å². The molecule has 2 amide bonds. The molecule has 2 aliphatic rings. The number of carbonyl (C=O) groups is 2. The van der Waals surface area contributed by atoms with E-state index < -0.39 is 5.92 Å². The van der Waals surface area contributed by atoms with Gasteiger partial charge < -0.3 is 10.6 Å². The lowest BCUT2D eigenvalue weighted by atomic mass is 9.90. The summed E-state index contributed by atoms with van der Waals surface area (Å²) in [7, 11) is 0. The van der Waals surface area contributed by atoms with E-state index in [1.807, 2.05) is 24.3 Å². The monoisotopic (exact) mass is 363 g/mol. The molecule has 2 aromatic carbocycles. The fourth-order valence-corrected chi connectivity index (χ4v) is 4.04. The number of para-hydroxylation sites is 1. The average molecular weight is 363 g/mol. The minimum Gasteiger partial charge on any atom is -0.354 e. The van der Waals surface area contributed by atoms with Crippen LogP contribution in [0, 0.1) is 0 Å². The number of benzene rings is 2. The topological polar surface area (TPSA) is 61.4 Å². The number of nitrogens with one attached hydrogen (secondary N) is 2. The first-order chi connectivity index (χ1) is 13.1. The van der Waals surface area contributed by atoms with Gasteiger partial charge in [0.1, 0.15) is 0 Å². The van der Waals surface area contributed by atoms with Crippen molar-refractivity contribution in [1.82, 2.24) is 10.2 Å². The van der Waals surface area contributed by atoms with Gasteiger partial charge in [-0.2, -0.15) is 0 Å². The largest absolute Gasteiger partial charge is 0.354 e. The molecule has 0 saturated heterocycles. The summed E-state index contributed by atoms with van der Waals surface area (Å²) in [5, 5.41) is 5.92. The Bertz CT molecular complexity index is 864. The molecule has 0 radical (unpaired) electrons. The molecule has 2 N–H and O–H groups in total. The number of rotatable bonds is 4. The van der Waals surface area contributed by atoms with Crippen LogP contribution in [0.15, 0.2) is 48.5 Å². The maximum Gasteiger partial charge on any atom is 0.228 e. The Morgan fingerprint density at radius 3 is 2.78 bits per heavy atom. The Morgan fingerprint density at radius 2 is 1.93 bits per heavy atom. The van der Waals surface area contributed by atoms with Gasteiger partial charge in [-0.3, -0.25) is 14.5 Å². The molecule has 140 valence electrons. The van der Waals surface area contributed by atoms with E-state index in [4.69, 9.17) is 0 Å². The van der Waals surface area contributed by atoms with Crippen molar-refractivity contribution in [1.29, 1.82) is 0 Å². The second-order valence-corrected chi connectivity index (χ2v) is 7.48. The van der Waals surface area contributed by atoms with Crippen molar-refractivity contribution in [3.63, 3.8) is 0 Å². The van der Waals surface area contributed by atoms with Crippen LogP contribution in [0.1, 0.15) is 36.0 Å². The van der Waals surface area contributed by atoms with Gasteiger partial charge in [-0.1, -0.05) is 42.5 Å². The van der Waals surface area contributed by atoms with Crippen LogP contribution >= 0.6 is 0 Å². The summed E-state index contributed by atoms with van der Waals surface area (Å²) in [5.74, 6) is -0.583. The molecule has 2 atom stereocenters. The van der Waals surface area contributed by atoms with E-state index in [-0.39, 0.29) is 24.3 Å². The number of hydrogen-bond acceptors (Lipinski definition) is 3. The van der Waals surface area contributed by atoms with Gasteiger partial charge in [0.25, 0.3) is 0 Å². The maximum atomic E-state index is 12.8. The summed E-state index contributed by atoms with van der Waals surface area (Å²) in [5.41, 5.74) is 4.44. The van der Waals surface area contributed by atoms with Crippen LogP contribution in [0.5, 0.6) is 0 Å². The number of carbonyl (C=O) groups excluding carboxylic acids is 2. The van der Waals surface area contributed by atoms with Gasteiger partial charge in [0, 0.05) is 37.8 Å². The normalized spacial score (nSPS) is 20.2. The molecule has 0 bridgehead atoms. The lowest BCUT2D eigenvalue weighted by molar-refractivity contribution is -0.126. The third-order valence-electron chi connectivity index (χ3n) is 5.67. The van der Waals surface area contributed by atoms with E-state index in [0.717, 1.165) is 30.8 Å². The molecule has 27 heavy (non-hydrogen) atoms. The SMILES string of the molecule is C[C@H](CNC(=O)[C@H]1CC(=O)Nc2ccccc21)N1CCc2ccccc2C1. The first-order valence-electron chi connectivity index (χ1n) is 9.59. The van der Waals surface area contributed by atoms with Crippen molar-refractivity contribution >= 4 is 17.5 Å². The van der Waals surface area contributed by atoms with Crippen LogP contribution in [-0.4, -0.2) is 35.8 Å². The highest BCUT2D eigenvalue weighted by molar-refractivity contribution is 6.01. The molecule has 0 aromatic heterocycles.